The van der Waals surface area contributed by atoms with Gasteiger partial charge in [0.05, 0.1) is 0 Å². The normalized spacial score (nSPS) is 10.4. The van der Waals surface area contributed by atoms with Crippen LogP contribution in [-0.4, -0.2) is 17.3 Å². The Morgan fingerprint density at radius 1 is 1.50 bits per heavy atom. The first-order chi connectivity index (χ1) is 6.87. The number of hydrogen-bond donors (Lipinski definition) is 0. The fraction of sp³-hybridized carbons (Fsp3) is 0.250. The summed E-state index contributed by atoms with van der Waals surface area (Å²) in [7, 11) is 0. The van der Waals surface area contributed by atoms with E-state index in [-0.39, 0.29) is 35.3 Å². The van der Waals surface area contributed by atoms with Crippen LogP contribution >= 0.6 is 0 Å². The Labute approximate surface area is 111 Å². The zero-order chi connectivity index (χ0) is 11.5. The maximum atomic E-state index is 11.8. The molecule has 0 aliphatic carbocycles. The molecular weight excluding hydrogens is 238 g/mol. The first kappa shape index (κ1) is 15.2. The average Bonchev–Trinajstić information content (AvgIpc) is 1.99. The van der Waals surface area contributed by atoms with Crippen molar-refractivity contribution in [1.29, 1.82) is 0 Å². The van der Waals surface area contributed by atoms with Gasteiger partial charge in [-0.05, 0) is 6.07 Å². The van der Waals surface area contributed by atoms with Crippen molar-refractivity contribution in [1.82, 2.24) is 4.98 Å². The molecule has 1 rings (SSSR count). The molecule has 4 nitrogen and oxygen atoms in total. The van der Waals surface area contributed by atoms with Gasteiger partial charge in [-0.1, -0.05) is 0 Å². The molecule has 0 atom stereocenters. The van der Waals surface area contributed by atoms with E-state index in [1.807, 2.05) is 0 Å². The number of aromatic nitrogens is 1. The van der Waals surface area contributed by atoms with Crippen molar-refractivity contribution >= 4 is 5.97 Å². The largest absolute Gasteiger partial charge is 1.00 e. The number of halogens is 3. The zero-order valence-electron chi connectivity index (χ0n) is 8.25. The van der Waals surface area contributed by atoms with Gasteiger partial charge in [-0.2, -0.15) is 0 Å². The Hall–Kier alpha value is -0.790. The Morgan fingerprint density at radius 2 is 2.12 bits per heavy atom. The fourth-order valence-electron chi connectivity index (χ4n) is 0.898. The van der Waals surface area contributed by atoms with E-state index in [1.165, 1.54) is 0 Å². The first-order valence-corrected chi connectivity index (χ1v) is 3.77. The van der Waals surface area contributed by atoms with Gasteiger partial charge in [0.15, 0.2) is 0 Å². The van der Waals surface area contributed by atoms with E-state index in [2.05, 4.69) is 9.72 Å². The van der Waals surface area contributed by atoms with Crippen LogP contribution in [0.15, 0.2) is 18.3 Å². The molecule has 0 saturated carbocycles. The molecule has 0 saturated heterocycles. The summed E-state index contributed by atoms with van der Waals surface area (Å²) >= 11 is 0. The molecule has 0 spiro atoms. The van der Waals surface area contributed by atoms with Gasteiger partial charge in [-0.15, -0.1) is 13.2 Å². The molecule has 0 N–H and O–H groups in total. The van der Waals surface area contributed by atoms with Crippen molar-refractivity contribution in [3.05, 3.63) is 24.0 Å². The van der Waals surface area contributed by atoms with E-state index in [4.69, 9.17) is 0 Å². The Kier molecular flexibility index (Phi) is 5.77. The number of alkyl halides is 3. The number of carboxylic acid groups (broad SMARTS) is 1. The quantitative estimate of drug-likeness (QED) is 0.541. The minimum Gasteiger partial charge on any atom is -0.550 e. The molecule has 1 heterocycles. The first-order valence-electron chi connectivity index (χ1n) is 3.77. The number of carbonyl (C=O) groups is 1. The third-order valence-electron chi connectivity index (χ3n) is 1.35. The number of ether oxygens (including phenoxy) is 1. The molecule has 0 unspecified atom stereocenters. The van der Waals surface area contributed by atoms with Crippen molar-refractivity contribution in [2.45, 2.75) is 12.8 Å². The van der Waals surface area contributed by atoms with Crippen molar-refractivity contribution in [2.24, 2.45) is 0 Å². The van der Waals surface area contributed by atoms with Crippen LogP contribution in [0.5, 0.6) is 5.75 Å². The second kappa shape index (κ2) is 6.07. The van der Waals surface area contributed by atoms with Crippen LogP contribution < -0.4 is 39.4 Å². The van der Waals surface area contributed by atoms with E-state index in [0.717, 1.165) is 18.3 Å². The molecular formula is C8H5F3NNaO3. The molecule has 0 aliphatic heterocycles. The van der Waals surface area contributed by atoms with Crippen LogP contribution in [0.25, 0.3) is 0 Å². The summed E-state index contributed by atoms with van der Waals surface area (Å²) in [5.41, 5.74) is -0.0586. The number of pyridine rings is 1. The van der Waals surface area contributed by atoms with E-state index in [9.17, 15) is 23.1 Å². The molecule has 82 valence electrons. The Balaban J connectivity index is 0.00000225. The van der Waals surface area contributed by atoms with Crippen molar-refractivity contribution in [2.75, 3.05) is 0 Å². The van der Waals surface area contributed by atoms with Crippen molar-refractivity contribution in [3.63, 3.8) is 0 Å². The smallest absolute Gasteiger partial charge is 0.550 e. The molecule has 0 amide bonds. The number of carboxylic acids is 1. The SMILES string of the molecule is O=C([O-])Cc1cc(OC(F)(F)F)ccn1.[Na+]. The van der Waals surface area contributed by atoms with Crippen LogP contribution in [0.1, 0.15) is 5.69 Å². The van der Waals surface area contributed by atoms with E-state index in [0.29, 0.717) is 0 Å². The van der Waals surface area contributed by atoms with Crippen LogP contribution in [0.3, 0.4) is 0 Å². The summed E-state index contributed by atoms with van der Waals surface area (Å²) in [6.45, 7) is 0. The molecule has 1 aromatic heterocycles. The molecule has 0 bridgehead atoms. The minimum absolute atomic E-state index is 0. The third kappa shape index (κ3) is 5.94. The number of carbonyl (C=O) groups excluding carboxylic acids is 1. The molecule has 0 aliphatic rings. The van der Waals surface area contributed by atoms with Crippen LogP contribution in [0.2, 0.25) is 0 Å². The third-order valence-corrected chi connectivity index (χ3v) is 1.35. The van der Waals surface area contributed by atoms with Gasteiger partial charge < -0.3 is 14.6 Å². The Morgan fingerprint density at radius 3 is 2.62 bits per heavy atom. The number of nitrogens with zero attached hydrogens (tertiary/aromatic N) is 1. The van der Waals surface area contributed by atoms with Crippen LogP contribution in [-0.2, 0) is 11.2 Å². The van der Waals surface area contributed by atoms with Gasteiger partial charge >= 0.3 is 35.9 Å². The second-order valence-electron chi connectivity index (χ2n) is 2.58. The van der Waals surface area contributed by atoms with Gasteiger partial charge in [0, 0.05) is 30.3 Å². The van der Waals surface area contributed by atoms with Crippen LogP contribution in [0.4, 0.5) is 13.2 Å². The van der Waals surface area contributed by atoms with E-state index >= 15 is 0 Å². The molecule has 0 radical (unpaired) electrons. The second-order valence-corrected chi connectivity index (χ2v) is 2.58. The molecule has 8 heteroatoms. The van der Waals surface area contributed by atoms with E-state index in [1.54, 1.807) is 0 Å². The summed E-state index contributed by atoms with van der Waals surface area (Å²) in [5.74, 6) is -1.93. The van der Waals surface area contributed by atoms with Gasteiger partial charge in [-0.25, -0.2) is 0 Å². The summed E-state index contributed by atoms with van der Waals surface area (Å²) in [4.78, 5) is 13.7. The number of hydrogen-bond acceptors (Lipinski definition) is 4. The zero-order valence-corrected chi connectivity index (χ0v) is 10.2. The predicted molar refractivity (Wildman–Crippen MR) is 39.6 cm³/mol. The standard InChI is InChI=1S/C8H6F3NO3.Na/c9-8(10,11)15-6-1-2-12-5(3-6)4-7(13)14;/h1-3H,4H2,(H,13,14);/q;+1/p-1. The number of rotatable bonds is 3. The minimum atomic E-state index is -4.81. The summed E-state index contributed by atoms with van der Waals surface area (Å²) < 4.78 is 38.9. The Bertz CT molecular complexity index is 370. The van der Waals surface area contributed by atoms with Gasteiger partial charge in [-0.3, -0.25) is 4.98 Å². The predicted octanol–water partition coefficient (Wildman–Crippen LogP) is -2.72. The van der Waals surface area contributed by atoms with Crippen molar-refractivity contribution in [3.8, 4) is 5.75 Å². The summed E-state index contributed by atoms with van der Waals surface area (Å²) in [6.07, 6.45) is -4.34. The summed E-state index contributed by atoms with van der Waals surface area (Å²) in [6, 6.07) is 1.87. The molecule has 0 fully saturated rings. The van der Waals surface area contributed by atoms with Gasteiger partial charge in [0.1, 0.15) is 5.75 Å². The molecule has 0 aromatic carbocycles. The maximum Gasteiger partial charge on any atom is 1.00 e. The van der Waals surface area contributed by atoms with Crippen LogP contribution in [0, 0.1) is 0 Å². The van der Waals surface area contributed by atoms with Gasteiger partial charge in [0.25, 0.3) is 0 Å². The average molecular weight is 243 g/mol. The topological polar surface area (TPSA) is 62.2 Å². The fourth-order valence-corrected chi connectivity index (χ4v) is 0.898. The van der Waals surface area contributed by atoms with Crippen molar-refractivity contribution < 1.29 is 57.4 Å². The number of aliphatic carboxylic acids is 1. The van der Waals surface area contributed by atoms with E-state index < -0.39 is 24.5 Å². The maximum absolute atomic E-state index is 11.8. The monoisotopic (exact) mass is 243 g/mol. The summed E-state index contributed by atoms with van der Waals surface area (Å²) in [5, 5.41) is 10.2. The molecule has 16 heavy (non-hydrogen) atoms. The van der Waals surface area contributed by atoms with Gasteiger partial charge in [0.2, 0.25) is 0 Å². The molecule has 1 aromatic rings.